The molecule has 21 heavy (non-hydrogen) atoms. The summed E-state index contributed by atoms with van der Waals surface area (Å²) in [5.41, 5.74) is 8.16. The third-order valence-electron chi connectivity index (χ3n) is 3.19. The monoisotopic (exact) mass is 313 g/mol. The van der Waals surface area contributed by atoms with Crippen molar-refractivity contribution in [1.29, 1.82) is 0 Å². The zero-order valence-electron chi connectivity index (χ0n) is 11.0. The van der Waals surface area contributed by atoms with Crippen LogP contribution in [0.5, 0.6) is 0 Å². The van der Waals surface area contributed by atoms with Gasteiger partial charge in [0.15, 0.2) is 0 Å². The number of nitrogens with zero attached hydrogens (tertiary/aromatic N) is 1. The maximum absolute atomic E-state index is 6.19. The number of anilines is 2. The van der Waals surface area contributed by atoms with Gasteiger partial charge in [-0.3, -0.25) is 4.98 Å². The lowest BCUT2D eigenvalue weighted by Gasteiger charge is -2.11. The summed E-state index contributed by atoms with van der Waals surface area (Å²) < 4.78 is 0. The number of hydrogen-bond donors (Lipinski definition) is 2. The standard InChI is InChI=1S/C16H12ClN3S/c17-14-8-11(4-5-13(14)16(18)21)20-15-3-1-2-10-9-19-7-6-12(10)15/h1-9,20H,(H2,18,21). The zero-order valence-corrected chi connectivity index (χ0v) is 12.6. The molecule has 3 aromatic rings. The van der Waals surface area contributed by atoms with Gasteiger partial charge < -0.3 is 11.1 Å². The molecule has 1 heterocycles. The predicted molar refractivity (Wildman–Crippen MR) is 92.4 cm³/mol. The number of rotatable bonds is 3. The van der Waals surface area contributed by atoms with E-state index in [9.17, 15) is 0 Å². The molecule has 0 unspecified atom stereocenters. The van der Waals surface area contributed by atoms with E-state index in [0.29, 0.717) is 15.6 Å². The number of aromatic nitrogens is 1. The van der Waals surface area contributed by atoms with Gasteiger partial charge in [0.1, 0.15) is 4.99 Å². The second-order valence-corrected chi connectivity index (χ2v) is 5.43. The second kappa shape index (κ2) is 5.68. The number of fused-ring (bicyclic) bond motifs is 1. The topological polar surface area (TPSA) is 50.9 Å². The van der Waals surface area contributed by atoms with Gasteiger partial charge in [-0.25, -0.2) is 0 Å². The first-order chi connectivity index (χ1) is 10.1. The highest BCUT2D eigenvalue weighted by atomic mass is 35.5. The minimum absolute atomic E-state index is 0.294. The number of hydrogen-bond acceptors (Lipinski definition) is 3. The van der Waals surface area contributed by atoms with Gasteiger partial charge in [0.05, 0.1) is 5.02 Å². The third kappa shape index (κ3) is 2.82. The number of thiocarbonyl (C=S) groups is 1. The van der Waals surface area contributed by atoms with E-state index in [4.69, 9.17) is 29.6 Å². The van der Waals surface area contributed by atoms with Crippen LogP contribution in [-0.4, -0.2) is 9.97 Å². The first-order valence-electron chi connectivity index (χ1n) is 6.34. The Bertz CT molecular complexity index is 827. The molecule has 0 spiro atoms. The Hall–Kier alpha value is -2.17. The van der Waals surface area contributed by atoms with Crippen LogP contribution in [0.1, 0.15) is 5.56 Å². The largest absolute Gasteiger partial charge is 0.389 e. The zero-order chi connectivity index (χ0) is 14.8. The first kappa shape index (κ1) is 13.8. The molecule has 0 aliphatic heterocycles. The van der Waals surface area contributed by atoms with Crippen molar-refractivity contribution in [2.75, 3.05) is 5.32 Å². The SMILES string of the molecule is NC(=S)c1ccc(Nc2cccc3cnccc23)cc1Cl. The Labute approximate surface area is 132 Å². The molecule has 0 radical (unpaired) electrons. The smallest absolute Gasteiger partial charge is 0.105 e. The lowest BCUT2D eigenvalue weighted by Crippen LogP contribution is -2.09. The van der Waals surface area contributed by atoms with Crippen molar-refractivity contribution >= 4 is 51.0 Å². The Morgan fingerprint density at radius 1 is 1.19 bits per heavy atom. The van der Waals surface area contributed by atoms with E-state index >= 15 is 0 Å². The van der Waals surface area contributed by atoms with Crippen molar-refractivity contribution in [1.82, 2.24) is 4.98 Å². The summed E-state index contributed by atoms with van der Waals surface area (Å²) in [5.74, 6) is 0. The minimum Gasteiger partial charge on any atom is -0.389 e. The minimum atomic E-state index is 0.294. The molecule has 5 heteroatoms. The molecule has 3 rings (SSSR count). The summed E-state index contributed by atoms with van der Waals surface area (Å²) in [6, 6.07) is 13.5. The molecule has 0 fully saturated rings. The van der Waals surface area contributed by atoms with Crippen molar-refractivity contribution in [2.24, 2.45) is 5.73 Å². The molecule has 0 aliphatic rings. The van der Waals surface area contributed by atoms with Crippen LogP contribution in [0.2, 0.25) is 5.02 Å². The number of benzene rings is 2. The lowest BCUT2D eigenvalue weighted by atomic mass is 10.1. The molecule has 0 saturated heterocycles. The van der Waals surface area contributed by atoms with Gasteiger partial charge in [-0.15, -0.1) is 0 Å². The molecule has 0 amide bonds. The fraction of sp³-hybridized carbons (Fsp3) is 0. The van der Waals surface area contributed by atoms with E-state index in [0.717, 1.165) is 22.1 Å². The fourth-order valence-electron chi connectivity index (χ4n) is 2.18. The summed E-state index contributed by atoms with van der Waals surface area (Å²) in [4.78, 5) is 4.42. The van der Waals surface area contributed by atoms with Crippen LogP contribution in [0.4, 0.5) is 11.4 Å². The molecule has 104 valence electrons. The van der Waals surface area contributed by atoms with Crippen molar-refractivity contribution in [2.45, 2.75) is 0 Å². The quantitative estimate of drug-likeness (QED) is 0.709. The average Bonchev–Trinajstić information content (AvgIpc) is 2.47. The summed E-state index contributed by atoms with van der Waals surface area (Å²) in [7, 11) is 0. The maximum atomic E-state index is 6.19. The van der Waals surface area contributed by atoms with Crippen molar-refractivity contribution in [3.8, 4) is 0 Å². The van der Waals surface area contributed by atoms with Gasteiger partial charge in [0, 0.05) is 40.1 Å². The van der Waals surface area contributed by atoms with E-state index in [1.165, 1.54) is 0 Å². The Morgan fingerprint density at radius 2 is 2.05 bits per heavy atom. The van der Waals surface area contributed by atoms with Gasteiger partial charge in [-0.05, 0) is 30.3 Å². The predicted octanol–water partition coefficient (Wildman–Crippen LogP) is 4.27. The summed E-state index contributed by atoms with van der Waals surface area (Å²) in [6.07, 6.45) is 3.61. The average molecular weight is 314 g/mol. The third-order valence-corrected chi connectivity index (χ3v) is 3.73. The molecular weight excluding hydrogens is 302 g/mol. The highest BCUT2D eigenvalue weighted by molar-refractivity contribution is 7.80. The Balaban J connectivity index is 1.99. The number of pyridine rings is 1. The van der Waals surface area contributed by atoms with Crippen LogP contribution >= 0.6 is 23.8 Å². The normalized spacial score (nSPS) is 10.5. The summed E-state index contributed by atoms with van der Waals surface area (Å²) in [5, 5.41) is 6.07. The maximum Gasteiger partial charge on any atom is 0.105 e. The number of nitrogens with one attached hydrogen (secondary N) is 1. The highest BCUT2D eigenvalue weighted by Crippen LogP contribution is 2.28. The van der Waals surface area contributed by atoms with Crippen LogP contribution in [0.15, 0.2) is 54.9 Å². The van der Waals surface area contributed by atoms with E-state index in [2.05, 4.69) is 10.3 Å². The molecule has 0 aliphatic carbocycles. The van der Waals surface area contributed by atoms with Crippen molar-refractivity contribution in [3.63, 3.8) is 0 Å². The summed E-state index contributed by atoms with van der Waals surface area (Å²) in [6.45, 7) is 0. The molecule has 2 aromatic carbocycles. The van der Waals surface area contributed by atoms with Gasteiger partial charge >= 0.3 is 0 Å². The number of halogens is 1. The van der Waals surface area contributed by atoms with Crippen molar-refractivity contribution in [3.05, 3.63) is 65.4 Å². The Kier molecular flexibility index (Phi) is 3.73. The van der Waals surface area contributed by atoms with E-state index in [1.54, 1.807) is 6.20 Å². The Morgan fingerprint density at radius 3 is 2.81 bits per heavy atom. The van der Waals surface area contributed by atoms with Gasteiger partial charge in [-0.1, -0.05) is 36.0 Å². The molecule has 1 aromatic heterocycles. The molecule has 0 saturated carbocycles. The summed E-state index contributed by atoms with van der Waals surface area (Å²) >= 11 is 11.1. The number of nitrogens with two attached hydrogens (primary N) is 1. The van der Waals surface area contributed by atoms with Gasteiger partial charge in [-0.2, -0.15) is 0 Å². The van der Waals surface area contributed by atoms with E-state index < -0.39 is 0 Å². The first-order valence-corrected chi connectivity index (χ1v) is 7.13. The van der Waals surface area contributed by atoms with Crippen LogP contribution in [0.25, 0.3) is 10.8 Å². The van der Waals surface area contributed by atoms with Crippen molar-refractivity contribution < 1.29 is 0 Å². The molecule has 0 atom stereocenters. The molecule has 3 nitrogen and oxygen atoms in total. The van der Waals surface area contributed by atoms with Gasteiger partial charge in [0.25, 0.3) is 0 Å². The lowest BCUT2D eigenvalue weighted by molar-refractivity contribution is 1.36. The van der Waals surface area contributed by atoms with Crippen LogP contribution in [-0.2, 0) is 0 Å². The van der Waals surface area contributed by atoms with Gasteiger partial charge in [0.2, 0.25) is 0 Å². The molecule has 0 bridgehead atoms. The van der Waals surface area contributed by atoms with Crippen LogP contribution in [0, 0.1) is 0 Å². The van der Waals surface area contributed by atoms with Crippen LogP contribution in [0.3, 0.4) is 0 Å². The van der Waals surface area contributed by atoms with Crippen LogP contribution < -0.4 is 11.1 Å². The van der Waals surface area contributed by atoms with E-state index in [-0.39, 0.29) is 0 Å². The fourth-order valence-corrected chi connectivity index (χ4v) is 2.70. The molecular formula is C16H12ClN3S. The van der Waals surface area contributed by atoms with E-state index in [1.807, 2.05) is 48.7 Å². The molecule has 3 N–H and O–H groups in total. The highest BCUT2D eigenvalue weighted by Gasteiger charge is 2.06. The second-order valence-electron chi connectivity index (χ2n) is 4.59.